The SMILES string of the molecule is CC[C@H](NC(=O)N(C)Cc1ccoc1)c1ccc(C)c(C)c1. The Morgan fingerprint density at radius 3 is 2.64 bits per heavy atom. The Bertz CT molecular complexity index is 620. The van der Waals surface area contributed by atoms with Crippen LogP contribution in [0.1, 0.15) is 41.6 Å². The van der Waals surface area contributed by atoms with E-state index in [9.17, 15) is 4.79 Å². The zero-order chi connectivity index (χ0) is 16.1. The topological polar surface area (TPSA) is 45.5 Å². The van der Waals surface area contributed by atoms with Crippen molar-refractivity contribution in [3.63, 3.8) is 0 Å². The predicted molar refractivity (Wildman–Crippen MR) is 87.7 cm³/mol. The molecule has 2 aromatic rings. The lowest BCUT2D eigenvalue weighted by Gasteiger charge is -2.23. The van der Waals surface area contributed by atoms with Gasteiger partial charge in [-0.15, -0.1) is 0 Å². The Labute approximate surface area is 132 Å². The molecule has 0 spiro atoms. The molecular weight excluding hydrogens is 276 g/mol. The van der Waals surface area contributed by atoms with Crippen molar-refractivity contribution in [3.05, 3.63) is 59.0 Å². The van der Waals surface area contributed by atoms with Gasteiger partial charge in [0.25, 0.3) is 0 Å². The highest BCUT2D eigenvalue weighted by Crippen LogP contribution is 2.20. The van der Waals surface area contributed by atoms with Crippen molar-refractivity contribution in [2.75, 3.05) is 7.05 Å². The van der Waals surface area contributed by atoms with Crippen LogP contribution in [0.15, 0.2) is 41.2 Å². The number of carbonyl (C=O) groups is 1. The first-order valence-electron chi connectivity index (χ1n) is 7.61. The van der Waals surface area contributed by atoms with E-state index >= 15 is 0 Å². The van der Waals surface area contributed by atoms with Crippen molar-refractivity contribution < 1.29 is 9.21 Å². The number of urea groups is 1. The highest BCUT2D eigenvalue weighted by atomic mass is 16.3. The van der Waals surface area contributed by atoms with Crippen LogP contribution in [0.4, 0.5) is 4.79 Å². The Hall–Kier alpha value is -2.23. The average Bonchev–Trinajstić information content (AvgIpc) is 3.00. The lowest BCUT2D eigenvalue weighted by atomic mass is 9.99. The van der Waals surface area contributed by atoms with Gasteiger partial charge in [-0.25, -0.2) is 4.79 Å². The molecule has 2 rings (SSSR count). The molecule has 118 valence electrons. The van der Waals surface area contributed by atoms with Crippen LogP contribution in [0, 0.1) is 13.8 Å². The van der Waals surface area contributed by atoms with Crippen LogP contribution in [0.5, 0.6) is 0 Å². The Kier molecular flexibility index (Phi) is 5.26. The molecule has 0 radical (unpaired) electrons. The highest BCUT2D eigenvalue weighted by molar-refractivity contribution is 5.74. The third-order valence-electron chi connectivity index (χ3n) is 3.99. The smallest absolute Gasteiger partial charge is 0.317 e. The monoisotopic (exact) mass is 300 g/mol. The second-order valence-corrected chi connectivity index (χ2v) is 5.74. The molecule has 0 saturated heterocycles. The third-order valence-corrected chi connectivity index (χ3v) is 3.99. The van der Waals surface area contributed by atoms with Crippen molar-refractivity contribution in [2.45, 2.75) is 39.8 Å². The summed E-state index contributed by atoms with van der Waals surface area (Å²) in [5, 5.41) is 3.10. The molecule has 0 aliphatic carbocycles. The summed E-state index contributed by atoms with van der Waals surface area (Å²) in [6, 6.07) is 8.16. The van der Waals surface area contributed by atoms with Gasteiger partial charge in [-0.3, -0.25) is 0 Å². The molecule has 0 aliphatic heterocycles. The lowest BCUT2D eigenvalue weighted by molar-refractivity contribution is 0.202. The van der Waals surface area contributed by atoms with E-state index in [0.29, 0.717) is 6.54 Å². The van der Waals surface area contributed by atoms with Gasteiger partial charge in [0.15, 0.2) is 0 Å². The number of hydrogen-bond acceptors (Lipinski definition) is 2. The second kappa shape index (κ2) is 7.16. The number of rotatable bonds is 5. The summed E-state index contributed by atoms with van der Waals surface area (Å²) in [5.41, 5.74) is 4.64. The third kappa shape index (κ3) is 3.91. The largest absolute Gasteiger partial charge is 0.472 e. The first-order chi connectivity index (χ1) is 10.5. The molecule has 22 heavy (non-hydrogen) atoms. The van der Waals surface area contributed by atoms with E-state index in [2.05, 4.69) is 44.3 Å². The van der Waals surface area contributed by atoms with E-state index in [0.717, 1.165) is 17.5 Å². The molecule has 1 aromatic carbocycles. The van der Waals surface area contributed by atoms with Gasteiger partial charge in [0.1, 0.15) is 0 Å². The summed E-state index contributed by atoms with van der Waals surface area (Å²) in [6.45, 7) is 6.80. The van der Waals surface area contributed by atoms with Gasteiger partial charge in [-0.2, -0.15) is 0 Å². The molecule has 4 nitrogen and oxygen atoms in total. The summed E-state index contributed by atoms with van der Waals surface area (Å²) in [5.74, 6) is 0. The fourth-order valence-electron chi connectivity index (χ4n) is 2.39. The number of carbonyl (C=O) groups excluding carboxylic acids is 1. The fraction of sp³-hybridized carbons (Fsp3) is 0.389. The number of nitrogens with zero attached hydrogens (tertiary/aromatic N) is 1. The Morgan fingerprint density at radius 2 is 2.05 bits per heavy atom. The van der Waals surface area contributed by atoms with Gasteiger partial charge in [-0.05, 0) is 43.0 Å². The number of amides is 2. The van der Waals surface area contributed by atoms with Gasteiger partial charge >= 0.3 is 6.03 Å². The van der Waals surface area contributed by atoms with Crippen LogP contribution >= 0.6 is 0 Å². The minimum Gasteiger partial charge on any atom is -0.472 e. The first-order valence-corrected chi connectivity index (χ1v) is 7.61. The summed E-state index contributed by atoms with van der Waals surface area (Å²) < 4.78 is 5.03. The standard InChI is InChI=1S/C18H24N2O2/c1-5-17(16-7-6-13(2)14(3)10-16)19-18(21)20(4)11-15-8-9-22-12-15/h6-10,12,17H,5,11H2,1-4H3,(H,19,21)/t17-/m0/s1. The van der Waals surface area contributed by atoms with Crippen LogP contribution in [0.25, 0.3) is 0 Å². The van der Waals surface area contributed by atoms with E-state index in [4.69, 9.17) is 4.42 Å². The summed E-state index contributed by atoms with van der Waals surface area (Å²) in [4.78, 5) is 14.0. The van der Waals surface area contributed by atoms with E-state index in [1.54, 1.807) is 24.5 Å². The van der Waals surface area contributed by atoms with Crippen LogP contribution in [0.3, 0.4) is 0 Å². The molecule has 2 amide bonds. The van der Waals surface area contributed by atoms with Crippen molar-refractivity contribution in [1.82, 2.24) is 10.2 Å². The van der Waals surface area contributed by atoms with Gasteiger partial charge in [0.2, 0.25) is 0 Å². The average molecular weight is 300 g/mol. The van der Waals surface area contributed by atoms with E-state index < -0.39 is 0 Å². The maximum Gasteiger partial charge on any atom is 0.317 e. The number of furan rings is 1. The number of nitrogens with one attached hydrogen (secondary N) is 1. The van der Waals surface area contributed by atoms with Crippen LogP contribution < -0.4 is 5.32 Å². The summed E-state index contributed by atoms with van der Waals surface area (Å²) in [6.07, 6.45) is 4.13. The molecule has 0 fully saturated rings. The maximum absolute atomic E-state index is 12.3. The van der Waals surface area contributed by atoms with Crippen LogP contribution in [0.2, 0.25) is 0 Å². The van der Waals surface area contributed by atoms with Gasteiger partial charge in [0, 0.05) is 12.6 Å². The summed E-state index contributed by atoms with van der Waals surface area (Å²) >= 11 is 0. The van der Waals surface area contributed by atoms with Crippen molar-refractivity contribution in [1.29, 1.82) is 0 Å². The van der Waals surface area contributed by atoms with Crippen molar-refractivity contribution in [2.24, 2.45) is 0 Å². The molecule has 0 unspecified atom stereocenters. The predicted octanol–water partition coefficient (Wildman–Crippen LogP) is 4.19. The lowest BCUT2D eigenvalue weighted by Crippen LogP contribution is -2.38. The summed E-state index contributed by atoms with van der Waals surface area (Å²) in [7, 11) is 1.79. The van der Waals surface area contributed by atoms with Crippen LogP contribution in [-0.2, 0) is 6.54 Å². The van der Waals surface area contributed by atoms with E-state index in [1.165, 1.54) is 11.1 Å². The molecule has 1 aromatic heterocycles. The minimum atomic E-state index is -0.0775. The minimum absolute atomic E-state index is 0.0265. The van der Waals surface area contributed by atoms with Gasteiger partial charge in [-0.1, -0.05) is 25.1 Å². The zero-order valence-corrected chi connectivity index (χ0v) is 13.7. The molecule has 0 aliphatic rings. The Balaban J connectivity index is 2.02. The van der Waals surface area contributed by atoms with Gasteiger partial charge < -0.3 is 14.6 Å². The molecule has 1 N–H and O–H groups in total. The number of hydrogen-bond donors (Lipinski definition) is 1. The zero-order valence-electron chi connectivity index (χ0n) is 13.7. The normalized spacial score (nSPS) is 12.0. The van der Waals surface area contributed by atoms with E-state index in [-0.39, 0.29) is 12.1 Å². The maximum atomic E-state index is 12.3. The van der Waals surface area contributed by atoms with Crippen LogP contribution in [-0.4, -0.2) is 18.0 Å². The quantitative estimate of drug-likeness (QED) is 0.900. The molecular formula is C18H24N2O2. The van der Waals surface area contributed by atoms with E-state index in [1.807, 2.05) is 6.07 Å². The molecule has 0 saturated carbocycles. The molecule has 4 heteroatoms. The second-order valence-electron chi connectivity index (χ2n) is 5.74. The molecule has 0 bridgehead atoms. The molecule has 1 atom stereocenters. The highest BCUT2D eigenvalue weighted by Gasteiger charge is 2.16. The Morgan fingerprint density at radius 1 is 1.27 bits per heavy atom. The van der Waals surface area contributed by atoms with Crippen molar-refractivity contribution in [3.8, 4) is 0 Å². The number of aryl methyl sites for hydroxylation is 2. The first kappa shape index (κ1) is 16.1. The molecule has 1 heterocycles. The number of benzene rings is 1. The van der Waals surface area contributed by atoms with Gasteiger partial charge in [0.05, 0.1) is 25.1 Å². The fourth-order valence-corrected chi connectivity index (χ4v) is 2.39. The van der Waals surface area contributed by atoms with Crippen molar-refractivity contribution >= 4 is 6.03 Å².